The van der Waals surface area contributed by atoms with Gasteiger partial charge in [-0.25, -0.2) is 0 Å². The van der Waals surface area contributed by atoms with Crippen LogP contribution in [0.15, 0.2) is 72.9 Å². The van der Waals surface area contributed by atoms with Crippen molar-refractivity contribution in [3.05, 3.63) is 77.9 Å². The van der Waals surface area contributed by atoms with Gasteiger partial charge in [0.2, 0.25) is 0 Å². The number of hydrogen-bond donors (Lipinski definition) is 0. The summed E-state index contributed by atoms with van der Waals surface area (Å²) in [5.41, 5.74) is 4.30. The Morgan fingerprint density at radius 1 is 0.737 bits per heavy atom. The first-order chi connectivity index (χ1) is 9.34. The number of nitrogens with zero attached hydrogens (tertiary/aromatic N) is 1. The van der Waals surface area contributed by atoms with Crippen LogP contribution in [0.1, 0.15) is 0 Å². The van der Waals surface area contributed by atoms with Crippen molar-refractivity contribution in [3.63, 3.8) is 0 Å². The maximum atomic E-state index is 6.13. The second kappa shape index (κ2) is 5.25. The van der Waals surface area contributed by atoms with E-state index in [0.717, 1.165) is 21.8 Å². The van der Waals surface area contributed by atoms with Gasteiger partial charge in [0.1, 0.15) is 0 Å². The van der Waals surface area contributed by atoms with E-state index in [4.69, 9.17) is 11.6 Å². The molecule has 0 saturated heterocycles. The largest absolute Gasteiger partial charge is 0.256 e. The van der Waals surface area contributed by atoms with E-state index in [1.54, 1.807) is 6.20 Å². The highest BCUT2D eigenvalue weighted by molar-refractivity contribution is 6.31. The predicted octanol–water partition coefficient (Wildman–Crippen LogP) is 5.07. The Morgan fingerprint density at radius 2 is 1.53 bits per heavy atom. The summed E-state index contributed by atoms with van der Waals surface area (Å²) in [7, 11) is 0. The van der Waals surface area contributed by atoms with Gasteiger partial charge in [-0.3, -0.25) is 4.98 Å². The van der Waals surface area contributed by atoms with Gasteiger partial charge in [-0.15, -0.1) is 0 Å². The molecule has 0 saturated carbocycles. The zero-order valence-corrected chi connectivity index (χ0v) is 11.0. The molecule has 1 nitrogen and oxygen atoms in total. The molecular formula is C17H12ClN. The summed E-state index contributed by atoms with van der Waals surface area (Å²) < 4.78 is 0. The van der Waals surface area contributed by atoms with Crippen LogP contribution >= 0.6 is 11.6 Å². The molecule has 2 aromatic carbocycles. The summed E-state index contributed by atoms with van der Waals surface area (Å²) in [5, 5.41) is 0.723. The first-order valence-corrected chi connectivity index (χ1v) is 6.49. The summed E-state index contributed by atoms with van der Waals surface area (Å²) in [6.07, 6.45) is 1.80. The third-order valence-corrected chi connectivity index (χ3v) is 3.24. The number of rotatable bonds is 2. The molecule has 0 N–H and O–H groups in total. The molecule has 0 aliphatic heterocycles. The topological polar surface area (TPSA) is 12.9 Å². The van der Waals surface area contributed by atoms with E-state index in [-0.39, 0.29) is 0 Å². The van der Waals surface area contributed by atoms with Gasteiger partial charge >= 0.3 is 0 Å². The van der Waals surface area contributed by atoms with Crippen molar-refractivity contribution in [3.8, 4) is 22.4 Å². The fraction of sp³-hybridized carbons (Fsp3) is 0. The summed E-state index contributed by atoms with van der Waals surface area (Å²) in [5.74, 6) is 0. The standard InChI is InChI=1S/C17H12ClN/c18-14-9-10-15(13-6-2-1-3-7-13)16(12-14)17-8-4-5-11-19-17/h1-12H. The first-order valence-electron chi connectivity index (χ1n) is 6.11. The van der Waals surface area contributed by atoms with Gasteiger partial charge in [0.25, 0.3) is 0 Å². The Labute approximate surface area is 117 Å². The van der Waals surface area contributed by atoms with E-state index in [1.807, 2.05) is 54.6 Å². The average molecular weight is 266 g/mol. The number of hydrogen-bond acceptors (Lipinski definition) is 1. The third-order valence-electron chi connectivity index (χ3n) is 3.01. The van der Waals surface area contributed by atoms with Crippen molar-refractivity contribution in [2.75, 3.05) is 0 Å². The van der Waals surface area contributed by atoms with Crippen molar-refractivity contribution in [2.45, 2.75) is 0 Å². The highest BCUT2D eigenvalue weighted by Crippen LogP contribution is 2.32. The van der Waals surface area contributed by atoms with Crippen molar-refractivity contribution in [2.24, 2.45) is 0 Å². The van der Waals surface area contributed by atoms with Crippen LogP contribution in [0.4, 0.5) is 0 Å². The van der Waals surface area contributed by atoms with Crippen LogP contribution in [-0.2, 0) is 0 Å². The Kier molecular flexibility index (Phi) is 3.30. The van der Waals surface area contributed by atoms with Crippen molar-refractivity contribution < 1.29 is 0 Å². The normalized spacial score (nSPS) is 10.4. The lowest BCUT2D eigenvalue weighted by Gasteiger charge is -2.10. The molecule has 0 radical (unpaired) electrons. The van der Waals surface area contributed by atoms with Crippen LogP contribution in [0.5, 0.6) is 0 Å². The second-order valence-corrected chi connectivity index (χ2v) is 4.71. The fourth-order valence-electron chi connectivity index (χ4n) is 2.12. The van der Waals surface area contributed by atoms with Crippen LogP contribution in [0, 0.1) is 0 Å². The molecule has 0 fully saturated rings. The minimum Gasteiger partial charge on any atom is -0.256 e. The first kappa shape index (κ1) is 11.9. The molecular weight excluding hydrogens is 254 g/mol. The number of aromatic nitrogens is 1. The Hall–Kier alpha value is -2.12. The van der Waals surface area contributed by atoms with Gasteiger partial charge in [-0.1, -0.05) is 54.1 Å². The van der Waals surface area contributed by atoms with E-state index in [1.165, 1.54) is 5.56 Å². The molecule has 0 amide bonds. The van der Waals surface area contributed by atoms with Crippen LogP contribution in [0.25, 0.3) is 22.4 Å². The predicted molar refractivity (Wildman–Crippen MR) is 80.1 cm³/mol. The Bertz CT molecular complexity index is 678. The summed E-state index contributed by atoms with van der Waals surface area (Å²) in [6, 6.07) is 22.1. The summed E-state index contributed by atoms with van der Waals surface area (Å²) in [4.78, 5) is 4.42. The molecule has 19 heavy (non-hydrogen) atoms. The van der Waals surface area contributed by atoms with Gasteiger partial charge in [-0.05, 0) is 35.4 Å². The maximum absolute atomic E-state index is 6.13. The molecule has 3 aromatic rings. The lowest BCUT2D eigenvalue weighted by atomic mass is 9.97. The van der Waals surface area contributed by atoms with Crippen LogP contribution in [-0.4, -0.2) is 4.98 Å². The van der Waals surface area contributed by atoms with Crippen molar-refractivity contribution >= 4 is 11.6 Å². The van der Waals surface area contributed by atoms with Crippen LogP contribution < -0.4 is 0 Å². The van der Waals surface area contributed by atoms with Gasteiger partial charge in [-0.2, -0.15) is 0 Å². The van der Waals surface area contributed by atoms with Gasteiger partial charge < -0.3 is 0 Å². The van der Waals surface area contributed by atoms with Crippen molar-refractivity contribution in [1.29, 1.82) is 0 Å². The highest BCUT2D eigenvalue weighted by Gasteiger charge is 2.08. The van der Waals surface area contributed by atoms with Crippen molar-refractivity contribution in [1.82, 2.24) is 4.98 Å². The Balaban J connectivity index is 2.21. The lowest BCUT2D eigenvalue weighted by molar-refractivity contribution is 1.33. The van der Waals surface area contributed by atoms with E-state index < -0.39 is 0 Å². The molecule has 92 valence electrons. The van der Waals surface area contributed by atoms with E-state index >= 15 is 0 Å². The SMILES string of the molecule is Clc1ccc(-c2ccccc2)c(-c2ccccn2)c1. The average Bonchev–Trinajstić information content (AvgIpc) is 2.49. The zero-order chi connectivity index (χ0) is 13.1. The quantitative estimate of drug-likeness (QED) is 0.630. The second-order valence-electron chi connectivity index (χ2n) is 4.27. The van der Waals surface area contributed by atoms with E-state index in [2.05, 4.69) is 17.1 Å². The zero-order valence-electron chi connectivity index (χ0n) is 10.3. The number of halogens is 1. The fourth-order valence-corrected chi connectivity index (χ4v) is 2.29. The molecule has 3 rings (SSSR count). The van der Waals surface area contributed by atoms with Gasteiger partial charge in [0.05, 0.1) is 5.69 Å². The smallest absolute Gasteiger partial charge is 0.0708 e. The maximum Gasteiger partial charge on any atom is 0.0708 e. The minimum absolute atomic E-state index is 0.723. The van der Waals surface area contributed by atoms with Crippen LogP contribution in [0.3, 0.4) is 0 Å². The molecule has 0 atom stereocenters. The van der Waals surface area contributed by atoms with Crippen LogP contribution in [0.2, 0.25) is 5.02 Å². The molecule has 2 heteroatoms. The summed E-state index contributed by atoms with van der Waals surface area (Å²) >= 11 is 6.13. The minimum atomic E-state index is 0.723. The lowest BCUT2D eigenvalue weighted by Crippen LogP contribution is -1.87. The molecule has 1 aromatic heterocycles. The van der Waals surface area contributed by atoms with E-state index in [0.29, 0.717) is 0 Å². The third kappa shape index (κ3) is 2.51. The molecule has 0 bridgehead atoms. The summed E-state index contributed by atoms with van der Waals surface area (Å²) in [6.45, 7) is 0. The molecule has 1 heterocycles. The monoisotopic (exact) mass is 265 g/mol. The van der Waals surface area contributed by atoms with Gasteiger partial charge in [0, 0.05) is 16.8 Å². The van der Waals surface area contributed by atoms with E-state index in [9.17, 15) is 0 Å². The van der Waals surface area contributed by atoms with Gasteiger partial charge in [0.15, 0.2) is 0 Å². The number of pyridine rings is 1. The molecule has 0 unspecified atom stereocenters. The molecule has 0 aliphatic rings. The number of benzene rings is 2. The molecule has 0 spiro atoms. The highest BCUT2D eigenvalue weighted by atomic mass is 35.5. The molecule has 0 aliphatic carbocycles. The Morgan fingerprint density at radius 3 is 2.26 bits per heavy atom.